The molecule has 290 valence electrons. The van der Waals surface area contributed by atoms with Crippen molar-refractivity contribution < 1.29 is 13.3 Å². The zero-order valence-electron chi connectivity index (χ0n) is 33.4. The molecule has 3 heterocycles. The minimum Gasteiger partial charge on any atom is -0.456 e. The van der Waals surface area contributed by atoms with Crippen molar-refractivity contribution in [2.24, 2.45) is 0 Å². The van der Waals surface area contributed by atoms with Gasteiger partial charge in [0, 0.05) is 49.3 Å². The highest BCUT2D eigenvalue weighted by molar-refractivity contribution is 6.17. The number of fused-ring (bicyclic) bond motifs is 10. The minimum atomic E-state index is 0.868. The van der Waals surface area contributed by atoms with Gasteiger partial charge in [0.15, 0.2) is 0 Å². The lowest BCUT2D eigenvalue weighted by atomic mass is 9.96. The first kappa shape index (κ1) is 34.5. The van der Waals surface area contributed by atoms with Gasteiger partial charge in [-0.15, -0.1) is 0 Å². The normalized spacial score (nSPS) is 11.9. The predicted molar refractivity (Wildman–Crippen MR) is 257 cm³/mol. The third kappa shape index (κ3) is 5.47. The molecule has 0 bridgehead atoms. The van der Waals surface area contributed by atoms with Gasteiger partial charge in [0.25, 0.3) is 0 Å². The van der Waals surface area contributed by atoms with E-state index in [0.717, 1.165) is 122 Å². The van der Waals surface area contributed by atoms with Crippen molar-refractivity contribution >= 4 is 93.7 Å². The maximum absolute atomic E-state index is 6.57. The molecule has 0 fully saturated rings. The molecule has 0 aliphatic carbocycles. The molecular formula is C58H35NO3. The molecule has 0 radical (unpaired) electrons. The number of anilines is 3. The van der Waals surface area contributed by atoms with E-state index < -0.39 is 0 Å². The van der Waals surface area contributed by atoms with Gasteiger partial charge in [-0.2, -0.15) is 0 Å². The van der Waals surface area contributed by atoms with Crippen LogP contribution in [0.5, 0.6) is 0 Å². The van der Waals surface area contributed by atoms with Crippen LogP contribution in [-0.2, 0) is 0 Å². The van der Waals surface area contributed by atoms with Gasteiger partial charge in [0.2, 0.25) is 0 Å². The Morgan fingerprint density at radius 3 is 1.37 bits per heavy atom. The molecule has 3 aromatic heterocycles. The van der Waals surface area contributed by atoms with E-state index >= 15 is 0 Å². The van der Waals surface area contributed by atoms with E-state index in [-0.39, 0.29) is 0 Å². The summed E-state index contributed by atoms with van der Waals surface area (Å²) in [6.07, 6.45) is 0. The molecule has 0 aliphatic rings. The van der Waals surface area contributed by atoms with Gasteiger partial charge in [0.05, 0.1) is 5.69 Å². The second-order valence-corrected chi connectivity index (χ2v) is 16.0. The molecule has 4 nitrogen and oxygen atoms in total. The Kier molecular flexibility index (Phi) is 7.57. The van der Waals surface area contributed by atoms with Crippen LogP contribution in [0, 0.1) is 0 Å². The van der Waals surface area contributed by atoms with Crippen LogP contribution in [0.4, 0.5) is 17.1 Å². The largest absolute Gasteiger partial charge is 0.456 e. The maximum atomic E-state index is 6.57. The number of hydrogen-bond acceptors (Lipinski definition) is 4. The first-order chi connectivity index (χ1) is 30.7. The number of para-hydroxylation sites is 3. The van der Waals surface area contributed by atoms with Crippen molar-refractivity contribution in [1.82, 2.24) is 0 Å². The Balaban J connectivity index is 0.962. The summed E-state index contributed by atoms with van der Waals surface area (Å²) in [7, 11) is 0. The number of rotatable bonds is 6. The van der Waals surface area contributed by atoms with Crippen molar-refractivity contribution in [3.05, 3.63) is 212 Å². The van der Waals surface area contributed by atoms with Crippen LogP contribution in [0.15, 0.2) is 226 Å². The summed E-state index contributed by atoms with van der Waals surface area (Å²) in [5.74, 6) is 0. The van der Waals surface area contributed by atoms with Gasteiger partial charge in [-0.3, -0.25) is 0 Å². The number of hydrogen-bond donors (Lipinski definition) is 0. The van der Waals surface area contributed by atoms with Gasteiger partial charge in [-0.1, -0.05) is 127 Å². The van der Waals surface area contributed by atoms with Crippen molar-refractivity contribution in [1.29, 1.82) is 0 Å². The van der Waals surface area contributed by atoms with E-state index in [0.29, 0.717) is 0 Å². The van der Waals surface area contributed by atoms with Gasteiger partial charge in [-0.25, -0.2) is 0 Å². The molecule has 0 saturated carbocycles. The quantitative estimate of drug-likeness (QED) is 0.168. The summed E-state index contributed by atoms with van der Waals surface area (Å²) in [5, 5.41) is 9.05. The van der Waals surface area contributed by atoms with E-state index in [1.54, 1.807) is 0 Å². The highest BCUT2D eigenvalue weighted by atomic mass is 16.3. The SMILES string of the molecule is c1ccc(N(c2ccc(-c3ccc4oc5ccccc5c4c3)cc2)c2ccc(-c3ccc4oc5ccccc5c4c3)cc2)c(-c2cccc3oc4cc5ccccc5cc4c23)c1. The summed E-state index contributed by atoms with van der Waals surface area (Å²) in [6, 6.07) is 75.3. The lowest BCUT2D eigenvalue weighted by Crippen LogP contribution is -2.11. The fourth-order valence-electron chi connectivity index (χ4n) is 9.48. The number of nitrogens with zero attached hydrogens (tertiary/aromatic N) is 1. The molecule has 0 unspecified atom stereocenters. The summed E-state index contributed by atoms with van der Waals surface area (Å²) in [5.41, 5.74) is 15.3. The van der Waals surface area contributed by atoms with Gasteiger partial charge < -0.3 is 18.2 Å². The van der Waals surface area contributed by atoms with Crippen LogP contribution in [0.2, 0.25) is 0 Å². The average Bonchev–Trinajstić information content (AvgIpc) is 4.02. The fourth-order valence-corrected chi connectivity index (χ4v) is 9.48. The fraction of sp³-hybridized carbons (Fsp3) is 0. The third-order valence-corrected chi connectivity index (χ3v) is 12.5. The second kappa shape index (κ2) is 13.6. The van der Waals surface area contributed by atoms with Gasteiger partial charge >= 0.3 is 0 Å². The van der Waals surface area contributed by atoms with Gasteiger partial charge in [-0.05, 0) is 124 Å². The van der Waals surface area contributed by atoms with Gasteiger partial charge in [0.1, 0.15) is 33.5 Å². The molecule has 0 saturated heterocycles. The third-order valence-electron chi connectivity index (χ3n) is 12.5. The van der Waals surface area contributed by atoms with Crippen LogP contribution in [-0.4, -0.2) is 0 Å². The number of benzene rings is 10. The molecule has 0 amide bonds. The second-order valence-electron chi connectivity index (χ2n) is 16.0. The molecule has 10 aromatic carbocycles. The molecule has 0 spiro atoms. The standard InChI is InChI=1S/C58H35NO3/c1-2-11-39-35-57-50(34-38(39)10-1)58-47(15-9-19-56(58)62-57)44-12-3-6-16-51(44)59(42-26-20-36(21-27-42)40-24-30-54-48(32-40)45-13-4-7-17-52(45)60-54)43-28-22-37(23-29-43)41-25-31-55-49(33-41)46-14-5-8-18-53(46)61-55/h1-35H. The predicted octanol–water partition coefficient (Wildman–Crippen LogP) is 17.0. The first-order valence-corrected chi connectivity index (χ1v) is 21.0. The van der Waals surface area contributed by atoms with Crippen molar-refractivity contribution in [3.8, 4) is 33.4 Å². The summed E-state index contributed by atoms with van der Waals surface area (Å²) < 4.78 is 18.9. The molecule has 62 heavy (non-hydrogen) atoms. The van der Waals surface area contributed by atoms with Crippen LogP contribution in [0.3, 0.4) is 0 Å². The van der Waals surface area contributed by atoms with E-state index in [9.17, 15) is 0 Å². The Bertz CT molecular complexity index is 3710. The van der Waals surface area contributed by atoms with E-state index in [1.165, 1.54) is 5.39 Å². The van der Waals surface area contributed by atoms with E-state index in [4.69, 9.17) is 13.3 Å². The Morgan fingerprint density at radius 1 is 0.274 bits per heavy atom. The van der Waals surface area contributed by atoms with E-state index in [1.807, 2.05) is 24.3 Å². The molecule has 0 N–H and O–H groups in total. The smallest absolute Gasteiger partial charge is 0.136 e. The lowest BCUT2D eigenvalue weighted by molar-refractivity contribution is 0.668. The van der Waals surface area contributed by atoms with Crippen molar-refractivity contribution in [3.63, 3.8) is 0 Å². The molecule has 4 heteroatoms. The van der Waals surface area contributed by atoms with Crippen LogP contribution in [0.1, 0.15) is 0 Å². The topological polar surface area (TPSA) is 42.7 Å². The lowest BCUT2D eigenvalue weighted by Gasteiger charge is -2.28. The highest BCUT2D eigenvalue weighted by Gasteiger charge is 2.21. The maximum Gasteiger partial charge on any atom is 0.136 e. The van der Waals surface area contributed by atoms with Crippen LogP contribution in [0.25, 0.3) is 110 Å². The molecule has 13 aromatic rings. The Morgan fingerprint density at radius 2 is 0.742 bits per heavy atom. The zero-order valence-corrected chi connectivity index (χ0v) is 33.4. The first-order valence-electron chi connectivity index (χ1n) is 21.0. The molecule has 13 rings (SSSR count). The molecular weight excluding hydrogens is 759 g/mol. The monoisotopic (exact) mass is 793 g/mol. The zero-order chi connectivity index (χ0) is 40.7. The highest BCUT2D eigenvalue weighted by Crippen LogP contribution is 2.46. The number of furan rings is 3. The summed E-state index contributed by atoms with van der Waals surface area (Å²) >= 11 is 0. The average molecular weight is 794 g/mol. The van der Waals surface area contributed by atoms with Crippen molar-refractivity contribution in [2.75, 3.05) is 4.90 Å². The molecule has 0 atom stereocenters. The van der Waals surface area contributed by atoms with Crippen molar-refractivity contribution in [2.45, 2.75) is 0 Å². The van der Waals surface area contributed by atoms with E-state index in [2.05, 4.69) is 193 Å². The Hall–Kier alpha value is -8.34. The summed E-state index contributed by atoms with van der Waals surface area (Å²) in [6.45, 7) is 0. The molecule has 0 aliphatic heterocycles. The minimum absolute atomic E-state index is 0.868. The van der Waals surface area contributed by atoms with Crippen LogP contribution >= 0.6 is 0 Å². The Labute approximate surface area is 356 Å². The van der Waals surface area contributed by atoms with Crippen LogP contribution < -0.4 is 4.90 Å². The summed E-state index contributed by atoms with van der Waals surface area (Å²) in [4.78, 5) is 2.37.